The molecule has 7 heteroatoms. The molecule has 0 N–H and O–H groups in total. The lowest BCUT2D eigenvalue weighted by Crippen LogP contribution is -2.47. The highest BCUT2D eigenvalue weighted by atomic mass is 16.3. The topological polar surface area (TPSA) is 83.7 Å². The van der Waals surface area contributed by atoms with Gasteiger partial charge in [-0.25, -0.2) is 9.88 Å². The number of benzene rings is 2. The maximum Gasteiger partial charge on any atom is 0.257 e. The number of hydrogen-bond donors (Lipinski definition) is 0. The quantitative estimate of drug-likeness (QED) is 0.596. The molecule has 3 fully saturated rings. The minimum atomic E-state index is -0.676. The van der Waals surface area contributed by atoms with Gasteiger partial charge in [0.05, 0.1) is 12.1 Å². The summed E-state index contributed by atoms with van der Waals surface area (Å²) in [6.45, 7) is 0. The molecule has 1 saturated heterocycles. The normalized spacial score (nSPS) is 21.2. The van der Waals surface area contributed by atoms with Crippen molar-refractivity contribution in [2.75, 3.05) is 4.90 Å². The molecule has 7 nitrogen and oxygen atoms in total. The van der Waals surface area contributed by atoms with Crippen molar-refractivity contribution in [1.29, 1.82) is 0 Å². The number of para-hydroxylation sites is 2. The molecule has 1 aromatic heterocycles. The Bertz CT molecular complexity index is 1170. The molecule has 0 radical (unpaired) electrons. The standard InChI is InChI=1S/C24H21N3O4/c28-21-13-19(26(16-11-12-16)23(29)15-5-6-15)24(30)27(21)17-9-7-14(8-10-17)22-25-18-3-1-2-4-20(18)31-22/h1-4,7-10,15-16,19H,5-6,11-13H2. The predicted octanol–water partition coefficient (Wildman–Crippen LogP) is 3.53. The number of hydrogen-bond acceptors (Lipinski definition) is 5. The number of carbonyl (C=O) groups excluding carboxylic acids is 3. The molecule has 31 heavy (non-hydrogen) atoms. The van der Waals surface area contributed by atoms with Crippen LogP contribution in [0.15, 0.2) is 52.9 Å². The summed E-state index contributed by atoms with van der Waals surface area (Å²) in [6, 6.07) is 14.0. The van der Waals surface area contributed by atoms with Gasteiger partial charge in [0.1, 0.15) is 11.6 Å². The number of carbonyl (C=O) groups is 3. The fourth-order valence-corrected chi connectivity index (χ4v) is 4.34. The van der Waals surface area contributed by atoms with Gasteiger partial charge in [0.2, 0.25) is 17.7 Å². The molecule has 3 aromatic rings. The summed E-state index contributed by atoms with van der Waals surface area (Å²) >= 11 is 0. The molecule has 3 amide bonds. The number of oxazole rings is 1. The summed E-state index contributed by atoms with van der Waals surface area (Å²) in [5.41, 5.74) is 2.75. The van der Waals surface area contributed by atoms with Crippen molar-refractivity contribution in [3.63, 3.8) is 0 Å². The van der Waals surface area contributed by atoms with E-state index in [2.05, 4.69) is 4.98 Å². The summed E-state index contributed by atoms with van der Waals surface area (Å²) in [6.07, 6.45) is 3.65. The highest BCUT2D eigenvalue weighted by molar-refractivity contribution is 6.23. The van der Waals surface area contributed by atoms with E-state index in [-0.39, 0.29) is 36.1 Å². The summed E-state index contributed by atoms with van der Waals surface area (Å²) in [5, 5.41) is 0. The molecular formula is C24H21N3O4. The molecule has 0 spiro atoms. The third kappa shape index (κ3) is 3.12. The van der Waals surface area contributed by atoms with Gasteiger partial charge in [-0.1, -0.05) is 12.1 Å². The van der Waals surface area contributed by atoms with E-state index in [1.807, 2.05) is 24.3 Å². The lowest BCUT2D eigenvalue weighted by atomic mass is 10.1. The maximum atomic E-state index is 13.2. The molecule has 2 aliphatic carbocycles. The first kappa shape index (κ1) is 18.3. The Balaban J connectivity index is 1.26. The number of aromatic nitrogens is 1. The summed E-state index contributed by atoms with van der Waals surface area (Å²) in [5.74, 6) is -0.00559. The van der Waals surface area contributed by atoms with Crippen LogP contribution in [0.1, 0.15) is 32.1 Å². The summed E-state index contributed by atoms with van der Waals surface area (Å²) < 4.78 is 5.80. The van der Waals surface area contributed by atoms with Gasteiger partial charge in [0, 0.05) is 17.5 Å². The molecule has 156 valence electrons. The number of nitrogens with zero attached hydrogens (tertiary/aromatic N) is 3. The van der Waals surface area contributed by atoms with E-state index in [1.165, 1.54) is 4.90 Å². The molecular weight excluding hydrogens is 394 g/mol. The van der Waals surface area contributed by atoms with Crippen LogP contribution in [-0.4, -0.2) is 39.7 Å². The molecule has 6 rings (SSSR count). The zero-order chi connectivity index (χ0) is 21.1. The molecule has 0 bridgehead atoms. The Kier molecular flexibility index (Phi) is 4.00. The zero-order valence-corrected chi connectivity index (χ0v) is 16.9. The van der Waals surface area contributed by atoms with Crippen LogP contribution in [-0.2, 0) is 14.4 Å². The smallest absolute Gasteiger partial charge is 0.257 e. The number of anilines is 1. The zero-order valence-electron chi connectivity index (χ0n) is 16.9. The van der Waals surface area contributed by atoms with Crippen molar-refractivity contribution in [3.8, 4) is 11.5 Å². The second kappa shape index (κ2) is 6.77. The van der Waals surface area contributed by atoms with Crippen molar-refractivity contribution in [2.45, 2.75) is 44.2 Å². The van der Waals surface area contributed by atoms with Gasteiger partial charge < -0.3 is 9.32 Å². The fraction of sp³-hybridized carbons (Fsp3) is 0.333. The SMILES string of the molecule is O=C1CC(N(C(=O)C2CC2)C2CC2)C(=O)N1c1ccc(-c2nc3ccccc3o2)cc1. The van der Waals surface area contributed by atoms with E-state index in [0.717, 1.165) is 36.8 Å². The van der Waals surface area contributed by atoms with E-state index < -0.39 is 6.04 Å². The second-order valence-corrected chi connectivity index (χ2v) is 8.57. The number of amides is 3. The first-order chi connectivity index (χ1) is 15.1. The Hall–Kier alpha value is -3.48. The van der Waals surface area contributed by atoms with Gasteiger partial charge in [0.25, 0.3) is 5.91 Å². The molecule has 1 unspecified atom stereocenters. The summed E-state index contributed by atoms with van der Waals surface area (Å²) in [4.78, 5) is 46.1. The van der Waals surface area contributed by atoms with Crippen LogP contribution < -0.4 is 4.90 Å². The Labute approximate surface area is 178 Å². The van der Waals surface area contributed by atoms with Crippen LogP contribution in [0.4, 0.5) is 5.69 Å². The van der Waals surface area contributed by atoms with Crippen LogP contribution in [0.5, 0.6) is 0 Å². The lowest BCUT2D eigenvalue weighted by Gasteiger charge is -2.27. The van der Waals surface area contributed by atoms with Gasteiger partial charge in [0.15, 0.2) is 5.58 Å². The van der Waals surface area contributed by atoms with Crippen LogP contribution in [0.3, 0.4) is 0 Å². The van der Waals surface area contributed by atoms with Gasteiger partial charge in [-0.15, -0.1) is 0 Å². The van der Waals surface area contributed by atoms with Crippen molar-refractivity contribution in [1.82, 2.24) is 9.88 Å². The highest BCUT2D eigenvalue weighted by Crippen LogP contribution is 2.40. The van der Waals surface area contributed by atoms with Crippen molar-refractivity contribution in [3.05, 3.63) is 48.5 Å². The van der Waals surface area contributed by atoms with Crippen molar-refractivity contribution in [2.24, 2.45) is 5.92 Å². The van der Waals surface area contributed by atoms with E-state index in [0.29, 0.717) is 17.2 Å². The molecule has 2 saturated carbocycles. The molecule has 1 aliphatic heterocycles. The number of rotatable bonds is 5. The van der Waals surface area contributed by atoms with Crippen LogP contribution in [0.2, 0.25) is 0 Å². The maximum absolute atomic E-state index is 13.2. The van der Waals surface area contributed by atoms with Crippen molar-refractivity contribution < 1.29 is 18.8 Å². The van der Waals surface area contributed by atoms with Crippen molar-refractivity contribution >= 4 is 34.5 Å². The average Bonchev–Trinajstić information content (AvgIpc) is 3.70. The van der Waals surface area contributed by atoms with E-state index in [4.69, 9.17) is 4.42 Å². The number of fused-ring (bicyclic) bond motifs is 1. The Morgan fingerprint density at radius 2 is 1.74 bits per heavy atom. The van der Waals surface area contributed by atoms with Gasteiger partial charge >= 0.3 is 0 Å². The van der Waals surface area contributed by atoms with Gasteiger partial charge in [-0.05, 0) is 62.1 Å². The molecule has 2 aromatic carbocycles. The first-order valence-electron chi connectivity index (χ1n) is 10.7. The lowest BCUT2D eigenvalue weighted by molar-refractivity contribution is -0.140. The fourth-order valence-electron chi connectivity index (χ4n) is 4.34. The summed E-state index contributed by atoms with van der Waals surface area (Å²) in [7, 11) is 0. The van der Waals surface area contributed by atoms with Crippen LogP contribution in [0, 0.1) is 5.92 Å². The largest absolute Gasteiger partial charge is 0.436 e. The van der Waals surface area contributed by atoms with E-state index >= 15 is 0 Å². The van der Waals surface area contributed by atoms with Crippen LogP contribution >= 0.6 is 0 Å². The molecule has 3 aliphatic rings. The Morgan fingerprint density at radius 1 is 1.00 bits per heavy atom. The van der Waals surface area contributed by atoms with E-state index in [1.54, 1.807) is 29.2 Å². The third-order valence-corrected chi connectivity index (χ3v) is 6.25. The minimum Gasteiger partial charge on any atom is -0.436 e. The Morgan fingerprint density at radius 3 is 2.42 bits per heavy atom. The minimum absolute atomic E-state index is 0.0353. The average molecular weight is 415 g/mol. The van der Waals surface area contributed by atoms with Gasteiger partial charge in [-0.2, -0.15) is 0 Å². The number of imide groups is 1. The molecule has 1 atom stereocenters. The monoisotopic (exact) mass is 415 g/mol. The van der Waals surface area contributed by atoms with Gasteiger partial charge in [-0.3, -0.25) is 14.4 Å². The molecule has 2 heterocycles. The van der Waals surface area contributed by atoms with Crippen LogP contribution in [0.25, 0.3) is 22.6 Å². The predicted molar refractivity (Wildman–Crippen MR) is 113 cm³/mol. The first-order valence-corrected chi connectivity index (χ1v) is 10.7. The highest BCUT2D eigenvalue weighted by Gasteiger charge is 2.51. The van der Waals surface area contributed by atoms with E-state index in [9.17, 15) is 14.4 Å². The second-order valence-electron chi connectivity index (χ2n) is 8.57. The third-order valence-electron chi connectivity index (χ3n) is 6.25.